The maximum atomic E-state index is 13.8. The number of methoxy groups -OCH3 is 2. The van der Waals surface area contributed by atoms with E-state index in [0.29, 0.717) is 46.3 Å². The first-order valence-electron chi connectivity index (χ1n) is 10.2. The van der Waals surface area contributed by atoms with Crippen LogP contribution in [0.4, 0.5) is 5.69 Å². The van der Waals surface area contributed by atoms with Crippen LogP contribution in [0.5, 0.6) is 11.5 Å². The smallest absolute Gasteiger partial charge is 0.254 e. The number of nitrogens with one attached hydrogen (secondary N) is 1. The fourth-order valence-corrected chi connectivity index (χ4v) is 5.03. The van der Waals surface area contributed by atoms with E-state index >= 15 is 0 Å². The summed E-state index contributed by atoms with van der Waals surface area (Å²) in [6, 6.07) is 10.3. The van der Waals surface area contributed by atoms with Gasteiger partial charge in [0.15, 0.2) is 17.0 Å². The highest BCUT2D eigenvalue weighted by Crippen LogP contribution is 2.52. The van der Waals surface area contributed by atoms with E-state index in [1.54, 1.807) is 57.5 Å². The molecule has 1 unspecified atom stereocenters. The lowest BCUT2D eigenvalue weighted by molar-refractivity contribution is -0.138. The number of benzene rings is 2. The SMILES string of the molecule is COc1cccc(C2(N3CCC[C@H]3C(=O)N(C)C)C(=O)Nc3ccc(Cl)cc32)c1OC. The normalized spacial score (nSPS) is 22.7. The van der Waals surface area contributed by atoms with Gasteiger partial charge in [-0.3, -0.25) is 14.5 Å². The Morgan fingerprint density at radius 1 is 1.19 bits per heavy atom. The lowest BCUT2D eigenvalue weighted by Gasteiger charge is -2.41. The number of carbonyl (C=O) groups is 2. The van der Waals surface area contributed by atoms with Crippen LogP contribution >= 0.6 is 11.6 Å². The number of nitrogens with zero attached hydrogens (tertiary/aromatic N) is 2. The molecule has 7 nitrogen and oxygen atoms in total. The summed E-state index contributed by atoms with van der Waals surface area (Å²) in [5, 5.41) is 3.52. The van der Waals surface area contributed by atoms with E-state index in [2.05, 4.69) is 5.32 Å². The molecule has 0 saturated carbocycles. The van der Waals surface area contributed by atoms with E-state index in [9.17, 15) is 9.59 Å². The Kier molecular flexibility index (Phi) is 5.58. The van der Waals surface area contributed by atoms with Crippen molar-refractivity contribution >= 4 is 29.1 Å². The third-order valence-corrected chi connectivity index (χ3v) is 6.39. The minimum atomic E-state index is -1.28. The Morgan fingerprint density at radius 2 is 1.97 bits per heavy atom. The largest absolute Gasteiger partial charge is 0.493 e. The van der Waals surface area contributed by atoms with E-state index in [0.717, 1.165) is 6.42 Å². The molecule has 1 saturated heterocycles. The Bertz CT molecular complexity index is 1040. The molecule has 0 aliphatic carbocycles. The predicted octanol–water partition coefficient (Wildman–Crippen LogP) is 3.11. The Hall–Kier alpha value is -2.77. The maximum Gasteiger partial charge on any atom is 0.254 e. The van der Waals surface area contributed by atoms with Crippen molar-refractivity contribution in [2.75, 3.05) is 40.2 Å². The third-order valence-electron chi connectivity index (χ3n) is 6.15. The quantitative estimate of drug-likeness (QED) is 0.768. The topological polar surface area (TPSA) is 71.1 Å². The molecule has 1 fully saturated rings. The highest BCUT2D eigenvalue weighted by Gasteiger charge is 2.58. The van der Waals surface area contributed by atoms with Gasteiger partial charge in [-0.1, -0.05) is 23.7 Å². The fraction of sp³-hybridized carbons (Fsp3) is 0.391. The van der Waals surface area contributed by atoms with Crippen molar-refractivity contribution in [3.63, 3.8) is 0 Å². The van der Waals surface area contributed by atoms with Crippen LogP contribution in [0.1, 0.15) is 24.0 Å². The van der Waals surface area contributed by atoms with Gasteiger partial charge in [0.2, 0.25) is 5.91 Å². The minimum Gasteiger partial charge on any atom is -0.493 e. The van der Waals surface area contributed by atoms with E-state index in [-0.39, 0.29) is 11.8 Å². The monoisotopic (exact) mass is 443 g/mol. The number of amides is 2. The van der Waals surface area contributed by atoms with Crippen LogP contribution in [0.2, 0.25) is 5.02 Å². The molecule has 0 bridgehead atoms. The van der Waals surface area contributed by atoms with Gasteiger partial charge in [-0.2, -0.15) is 0 Å². The lowest BCUT2D eigenvalue weighted by Crippen LogP contribution is -2.57. The summed E-state index contributed by atoms with van der Waals surface area (Å²) in [5.74, 6) is 0.685. The van der Waals surface area contributed by atoms with Crippen LogP contribution < -0.4 is 14.8 Å². The van der Waals surface area contributed by atoms with Crippen LogP contribution in [0.3, 0.4) is 0 Å². The second kappa shape index (κ2) is 8.05. The molecule has 8 heteroatoms. The van der Waals surface area contributed by atoms with Gasteiger partial charge < -0.3 is 19.7 Å². The van der Waals surface area contributed by atoms with Gasteiger partial charge >= 0.3 is 0 Å². The molecule has 1 N–H and O–H groups in total. The second-order valence-corrected chi connectivity index (χ2v) is 8.42. The van der Waals surface area contributed by atoms with Crippen molar-refractivity contribution in [1.82, 2.24) is 9.80 Å². The summed E-state index contributed by atoms with van der Waals surface area (Å²) < 4.78 is 11.3. The van der Waals surface area contributed by atoms with E-state index in [1.807, 2.05) is 17.0 Å². The van der Waals surface area contributed by atoms with Crippen molar-refractivity contribution < 1.29 is 19.1 Å². The average molecular weight is 444 g/mol. The number of carbonyl (C=O) groups excluding carboxylic acids is 2. The Labute approximate surface area is 186 Å². The molecular weight excluding hydrogens is 418 g/mol. The highest BCUT2D eigenvalue weighted by molar-refractivity contribution is 6.31. The zero-order valence-electron chi connectivity index (χ0n) is 18.1. The van der Waals surface area contributed by atoms with Crippen LogP contribution in [0, 0.1) is 0 Å². The molecular formula is C23H26ClN3O4. The molecule has 0 radical (unpaired) electrons. The Morgan fingerprint density at radius 3 is 2.65 bits per heavy atom. The zero-order valence-corrected chi connectivity index (χ0v) is 18.8. The van der Waals surface area contributed by atoms with Crippen molar-refractivity contribution in [1.29, 1.82) is 0 Å². The molecule has 2 heterocycles. The first-order valence-corrected chi connectivity index (χ1v) is 10.5. The van der Waals surface area contributed by atoms with Gasteiger partial charge in [0.05, 0.1) is 20.3 Å². The van der Waals surface area contributed by atoms with E-state index in [1.165, 1.54) is 0 Å². The van der Waals surface area contributed by atoms with Crippen molar-refractivity contribution in [3.8, 4) is 11.5 Å². The fourth-order valence-electron chi connectivity index (χ4n) is 4.86. The maximum absolute atomic E-state index is 13.8. The number of likely N-dealkylation sites (tertiary alicyclic amines) is 1. The molecule has 2 aliphatic rings. The number of anilines is 1. The number of halogens is 1. The summed E-state index contributed by atoms with van der Waals surface area (Å²) in [6.07, 6.45) is 1.45. The standard InChI is InChI=1S/C23H26ClN3O4/c1-26(2)21(28)18-8-6-12-27(18)23(15-7-5-9-19(30-3)20(15)31-4)16-13-14(24)10-11-17(16)25-22(23)29/h5,7,9-11,13,18H,6,8,12H2,1-4H3,(H,25,29)/t18-,23?/m0/s1. The molecule has 2 aromatic rings. The van der Waals surface area contributed by atoms with Crippen LogP contribution in [-0.4, -0.2) is 62.5 Å². The molecule has 2 aromatic carbocycles. The number of rotatable bonds is 5. The first kappa shape index (κ1) is 21.5. The van der Waals surface area contributed by atoms with Crippen molar-refractivity contribution in [2.45, 2.75) is 24.4 Å². The Balaban J connectivity index is 2.05. The minimum absolute atomic E-state index is 0.0398. The summed E-state index contributed by atoms with van der Waals surface area (Å²) in [4.78, 5) is 30.5. The van der Waals surface area contributed by atoms with Crippen molar-refractivity contribution in [3.05, 3.63) is 52.5 Å². The van der Waals surface area contributed by atoms with Gasteiger partial charge in [0.1, 0.15) is 0 Å². The number of fused-ring (bicyclic) bond motifs is 1. The zero-order chi connectivity index (χ0) is 22.3. The highest BCUT2D eigenvalue weighted by atomic mass is 35.5. The summed E-state index contributed by atoms with van der Waals surface area (Å²) in [5.41, 5.74) is 0.705. The molecule has 2 amide bonds. The molecule has 31 heavy (non-hydrogen) atoms. The number of hydrogen-bond donors (Lipinski definition) is 1. The molecule has 164 valence electrons. The molecule has 2 aliphatic heterocycles. The molecule has 4 rings (SSSR count). The number of ether oxygens (including phenoxy) is 2. The number of likely N-dealkylation sites (N-methyl/N-ethyl adjacent to an activating group) is 1. The summed E-state index contributed by atoms with van der Waals surface area (Å²) in [6.45, 7) is 0.573. The first-order chi connectivity index (χ1) is 14.9. The third kappa shape index (κ3) is 3.15. The molecule has 0 aromatic heterocycles. The van der Waals surface area contributed by atoms with Crippen molar-refractivity contribution in [2.24, 2.45) is 0 Å². The van der Waals surface area contributed by atoms with Gasteiger partial charge in [0.25, 0.3) is 5.91 Å². The van der Waals surface area contributed by atoms with Gasteiger partial charge in [-0.05, 0) is 37.1 Å². The predicted molar refractivity (Wildman–Crippen MR) is 119 cm³/mol. The second-order valence-electron chi connectivity index (χ2n) is 7.98. The number of para-hydroxylation sites is 1. The van der Waals surface area contributed by atoms with Crippen LogP contribution in [-0.2, 0) is 15.1 Å². The van der Waals surface area contributed by atoms with Gasteiger partial charge in [-0.15, -0.1) is 0 Å². The average Bonchev–Trinajstić information content (AvgIpc) is 3.35. The number of hydrogen-bond acceptors (Lipinski definition) is 5. The van der Waals surface area contributed by atoms with Crippen LogP contribution in [0.25, 0.3) is 0 Å². The summed E-state index contributed by atoms with van der Waals surface area (Å²) in [7, 11) is 6.57. The lowest BCUT2D eigenvalue weighted by atomic mass is 9.80. The summed E-state index contributed by atoms with van der Waals surface area (Å²) >= 11 is 6.39. The molecule has 2 atom stereocenters. The molecule has 0 spiro atoms. The van der Waals surface area contributed by atoms with E-state index < -0.39 is 11.6 Å². The van der Waals surface area contributed by atoms with Gasteiger partial charge in [0, 0.05) is 42.5 Å². The van der Waals surface area contributed by atoms with Crippen LogP contribution in [0.15, 0.2) is 36.4 Å². The van der Waals surface area contributed by atoms with Gasteiger partial charge in [-0.25, -0.2) is 0 Å². The van der Waals surface area contributed by atoms with E-state index in [4.69, 9.17) is 21.1 Å².